The van der Waals surface area contributed by atoms with Gasteiger partial charge < -0.3 is 23.8 Å². The second-order valence-corrected chi connectivity index (χ2v) is 9.72. The fourth-order valence-corrected chi connectivity index (χ4v) is 5.20. The van der Waals surface area contributed by atoms with E-state index in [-0.39, 0.29) is 11.6 Å². The molecule has 204 valence electrons. The summed E-state index contributed by atoms with van der Waals surface area (Å²) in [4.78, 5) is 2.20. The maximum Gasteiger partial charge on any atom is 0.161 e. The fraction of sp³-hybridized carbons (Fsp3) is 0.419. The molecule has 0 bridgehead atoms. The van der Waals surface area contributed by atoms with Crippen molar-refractivity contribution in [2.24, 2.45) is 0 Å². The zero-order valence-electron chi connectivity index (χ0n) is 22.6. The van der Waals surface area contributed by atoms with E-state index in [2.05, 4.69) is 24.0 Å². The normalized spacial score (nSPS) is 17.1. The van der Waals surface area contributed by atoms with Gasteiger partial charge in [0, 0.05) is 13.1 Å². The van der Waals surface area contributed by atoms with Crippen molar-refractivity contribution in [1.29, 1.82) is 0 Å². The van der Waals surface area contributed by atoms with Crippen LogP contribution in [0.5, 0.6) is 11.5 Å². The molecule has 0 saturated heterocycles. The molecule has 0 saturated carbocycles. The number of fused-ring (bicyclic) bond motifs is 1. The molecular formula is C31H37F2NO4. The summed E-state index contributed by atoms with van der Waals surface area (Å²) in [6.45, 7) is 4.65. The zero-order valence-corrected chi connectivity index (χ0v) is 22.6. The van der Waals surface area contributed by atoms with Crippen molar-refractivity contribution < 1.29 is 27.7 Å². The Balaban J connectivity index is 1.42. The maximum atomic E-state index is 14.0. The number of hydrogen-bond acceptors (Lipinski definition) is 5. The summed E-state index contributed by atoms with van der Waals surface area (Å²) < 4.78 is 51.6. The first kappa shape index (κ1) is 28.0. The SMILES string of the molecule is CCC1(CCN(C)CCOC(c2cccc(F)c2)c2cccc(F)c2)OCCc2cc(OC)c(OC)cc21. The van der Waals surface area contributed by atoms with E-state index in [0.29, 0.717) is 36.6 Å². The molecule has 0 aromatic heterocycles. The van der Waals surface area contributed by atoms with Crippen LogP contribution in [-0.4, -0.2) is 52.5 Å². The Kier molecular flexibility index (Phi) is 9.36. The van der Waals surface area contributed by atoms with Crippen LogP contribution in [0.15, 0.2) is 60.7 Å². The van der Waals surface area contributed by atoms with Crippen LogP contribution >= 0.6 is 0 Å². The first-order valence-corrected chi connectivity index (χ1v) is 13.1. The van der Waals surface area contributed by atoms with E-state index in [4.69, 9.17) is 18.9 Å². The number of ether oxygens (including phenoxy) is 4. The molecule has 0 N–H and O–H groups in total. The highest BCUT2D eigenvalue weighted by Gasteiger charge is 2.37. The molecule has 0 radical (unpaired) electrons. The van der Waals surface area contributed by atoms with Crippen LogP contribution in [0.1, 0.15) is 48.1 Å². The van der Waals surface area contributed by atoms with Crippen LogP contribution in [0.25, 0.3) is 0 Å². The second-order valence-electron chi connectivity index (χ2n) is 9.72. The molecule has 0 spiro atoms. The summed E-state index contributed by atoms with van der Waals surface area (Å²) in [7, 11) is 5.35. The molecule has 7 heteroatoms. The van der Waals surface area contributed by atoms with Crippen LogP contribution in [0.4, 0.5) is 8.78 Å². The molecule has 0 fully saturated rings. The molecule has 0 amide bonds. The highest BCUT2D eigenvalue weighted by atomic mass is 19.1. The van der Waals surface area contributed by atoms with Gasteiger partial charge in [0.05, 0.1) is 33.0 Å². The maximum absolute atomic E-state index is 14.0. The van der Waals surface area contributed by atoms with Crippen molar-refractivity contribution >= 4 is 0 Å². The number of methoxy groups -OCH3 is 2. The Hall–Kier alpha value is -3.00. The largest absolute Gasteiger partial charge is 0.493 e. The number of likely N-dealkylation sites (N-methyl/N-ethyl adjacent to an activating group) is 1. The van der Waals surface area contributed by atoms with Gasteiger partial charge in [0.1, 0.15) is 17.7 Å². The number of hydrogen-bond donors (Lipinski definition) is 0. The third-order valence-electron chi connectivity index (χ3n) is 7.38. The molecule has 5 nitrogen and oxygen atoms in total. The lowest BCUT2D eigenvalue weighted by Crippen LogP contribution is -2.39. The Morgan fingerprint density at radius 1 is 0.921 bits per heavy atom. The average Bonchev–Trinajstić information content (AvgIpc) is 2.93. The van der Waals surface area contributed by atoms with E-state index in [1.807, 2.05) is 7.05 Å². The highest BCUT2D eigenvalue weighted by molar-refractivity contribution is 5.50. The third kappa shape index (κ3) is 6.34. The second kappa shape index (κ2) is 12.7. The van der Waals surface area contributed by atoms with Crippen molar-refractivity contribution in [1.82, 2.24) is 4.90 Å². The van der Waals surface area contributed by atoms with E-state index < -0.39 is 11.7 Å². The van der Waals surface area contributed by atoms with Crippen molar-refractivity contribution in [2.75, 3.05) is 47.6 Å². The molecule has 0 aliphatic carbocycles. The van der Waals surface area contributed by atoms with E-state index in [1.54, 1.807) is 38.5 Å². The Labute approximate surface area is 224 Å². The van der Waals surface area contributed by atoms with E-state index in [0.717, 1.165) is 37.1 Å². The minimum absolute atomic E-state index is 0.350. The van der Waals surface area contributed by atoms with Gasteiger partial charge in [-0.25, -0.2) is 8.78 Å². The highest BCUT2D eigenvalue weighted by Crippen LogP contribution is 2.43. The molecule has 1 unspecified atom stereocenters. The van der Waals surface area contributed by atoms with Gasteiger partial charge in [-0.2, -0.15) is 0 Å². The molecule has 4 rings (SSSR count). The first-order valence-electron chi connectivity index (χ1n) is 13.1. The predicted molar refractivity (Wildman–Crippen MR) is 144 cm³/mol. The molecule has 38 heavy (non-hydrogen) atoms. The lowest BCUT2D eigenvalue weighted by Gasteiger charge is -2.40. The summed E-state index contributed by atoms with van der Waals surface area (Å²) in [5, 5.41) is 0. The number of nitrogens with zero attached hydrogens (tertiary/aromatic N) is 1. The van der Waals surface area contributed by atoms with Gasteiger partial charge in [-0.3, -0.25) is 0 Å². The number of halogens is 2. The van der Waals surface area contributed by atoms with Gasteiger partial charge in [0.25, 0.3) is 0 Å². The van der Waals surface area contributed by atoms with Crippen LogP contribution in [0.2, 0.25) is 0 Å². The van der Waals surface area contributed by atoms with Crippen LogP contribution in [0.3, 0.4) is 0 Å². The van der Waals surface area contributed by atoms with Crippen LogP contribution < -0.4 is 9.47 Å². The van der Waals surface area contributed by atoms with Gasteiger partial charge in [-0.05, 0) is 85.0 Å². The average molecular weight is 526 g/mol. The molecule has 3 aromatic carbocycles. The Morgan fingerprint density at radius 3 is 2.13 bits per heavy atom. The minimum Gasteiger partial charge on any atom is -0.493 e. The third-order valence-corrected chi connectivity index (χ3v) is 7.38. The Bertz CT molecular complexity index is 1170. The molecule has 1 atom stereocenters. The topological polar surface area (TPSA) is 40.2 Å². The molecular weight excluding hydrogens is 488 g/mol. The molecule has 1 aliphatic heterocycles. The Morgan fingerprint density at radius 2 is 1.55 bits per heavy atom. The lowest BCUT2D eigenvalue weighted by molar-refractivity contribution is -0.0741. The first-order chi connectivity index (χ1) is 18.4. The van der Waals surface area contributed by atoms with Gasteiger partial charge in [-0.1, -0.05) is 31.2 Å². The summed E-state index contributed by atoms with van der Waals surface area (Å²) in [5.74, 6) is 0.739. The van der Waals surface area contributed by atoms with Gasteiger partial charge in [0.2, 0.25) is 0 Å². The summed E-state index contributed by atoms with van der Waals surface area (Å²) in [5.41, 5.74) is 3.29. The predicted octanol–water partition coefficient (Wildman–Crippen LogP) is 6.29. The molecule has 1 heterocycles. The summed E-state index contributed by atoms with van der Waals surface area (Å²) >= 11 is 0. The van der Waals surface area contributed by atoms with Crippen molar-refractivity contribution in [3.05, 3.63) is 94.6 Å². The standard InChI is InChI=1S/C31H37F2NO4/c1-5-31(27-21-29(36-4)28(35-3)20-22(27)12-16-38-31)13-14-34(2)15-17-37-30(23-8-6-10-25(32)18-23)24-9-7-11-26(33)19-24/h6-11,18-21,30H,5,12-17H2,1-4H3. The number of rotatable bonds is 12. The molecule has 1 aliphatic rings. The number of benzene rings is 3. The fourth-order valence-electron chi connectivity index (χ4n) is 5.20. The minimum atomic E-state index is -0.562. The van der Waals surface area contributed by atoms with Crippen molar-refractivity contribution in [3.63, 3.8) is 0 Å². The van der Waals surface area contributed by atoms with E-state index in [1.165, 1.54) is 29.8 Å². The van der Waals surface area contributed by atoms with E-state index in [9.17, 15) is 8.78 Å². The van der Waals surface area contributed by atoms with E-state index >= 15 is 0 Å². The molecule has 3 aromatic rings. The summed E-state index contributed by atoms with van der Waals surface area (Å²) in [6.07, 6.45) is 1.91. The monoisotopic (exact) mass is 525 g/mol. The van der Waals surface area contributed by atoms with Crippen molar-refractivity contribution in [2.45, 2.75) is 37.9 Å². The smallest absolute Gasteiger partial charge is 0.161 e. The lowest BCUT2D eigenvalue weighted by atomic mass is 9.81. The van der Waals surface area contributed by atoms with Crippen LogP contribution in [-0.2, 0) is 21.5 Å². The van der Waals surface area contributed by atoms with Crippen LogP contribution in [0, 0.1) is 11.6 Å². The van der Waals surface area contributed by atoms with Crippen molar-refractivity contribution in [3.8, 4) is 11.5 Å². The van der Waals surface area contributed by atoms with Gasteiger partial charge >= 0.3 is 0 Å². The zero-order chi connectivity index (χ0) is 27.1. The quantitative estimate of drug-likeness (QED) is 0.278. The van der Waals surface area contributed by atoms with Gasteiger partial charge in [-0.15, -0.1) is 0 Å². The van der Waals surface area contributed by atoms with Gasteiger partial charge in [0.15, 0.2) is 11.5 Å². The summed E-state index contributed by atoms with van der Waals surface area (Å²) in [6, 6.07) is 16.7.